The van der Waals surface area contributed by atoms with E-state index in [1.54, 1.807) is 13.0 Å². The maximum Gasteiger partial charge on any atom is 0.522 e. The van der Waals surface area contributed by atoms with Crippen molar-refractivity contribution >= 4 is 19.0 Å². The van der Waals surface area contributed by atoms with Crippen LogP contribution >= 0.6 is 7.15 Å². The van der Waals surface area contributed by atoms with Crippen LogP contribution in [0.4, 0.5) is 0 Å². The highest BCUT2D eigenvalue weighted by atomic mass is 32.4. The lowest BCUT2D eigenvalue weighted by atomic mass is 9.98. The Morgan fingerprint density at radius 3 is 2.84 bits per heavy atom. The molecular weight excluding hydrogens is 363 g/mol. The van der Waals surface area contributed by atoms with E-state index >= 15 is 0 Å². The second-order valence-corrected chi connectivity index (χ2v) is 8.12. The number of aryl methyl sites for hydroxylation is 1. The first-order chi connectivity index (χ1) is 12.0. The number of nitrogens with one attached hydrogen (secondary N) is 1. The summed E-state index contributed by atoms with van der Waals surface area (Å²) in [4.78, 5) is 25.6. The summed E-state index contributed by atoms with van der Waals surface area (Å²) in [5.41, 5.74) is -0.441. The van der Waals surface area contributed by atoms with Crippen LogP contribution in [0.25, 0.3) is 0 Å². The molecule has 1 N–H and O–H groups in total. The number of nitrogens with zero attached hydrogens (tertiary/aromatic N) is 1. The first-order valence-corrected chi connectivity index (χ1v) is 10.6. The van der Waals surface area contributed by atoms with Crippen LogP contribution in [0, 0.1) is 6.92 Å². The van der Waals surface area contributed by atoms with Crippen LogP contribution in [0.3, 0.4) is 0 Å². The van der Waals surface area contributed by atoms with Crippen molar-refractivity contribution in [2.24, 2.45) is 0 Å². The molecule has 1 aliphatic carbocycles. The van der Waals surface area contributed by atoms with Crippen molar-refractivity contribution in [1.82, 2.24) is 9.55 Å². The molecule has 1 unspecified atom stereocenters. The lowest BCUT2D eigenvalue weighted by Crippen LogP contribution is -2.33. The van der Waals surface area contributed by atoms with Gasteiger partial charge < -0.3 is 4.74 Å². The number of ether oxygens (including phenoxy) is 1. The van der Waals surface area contributed by atoms with E-state index in [2.05, 4.69) is 4.98 Å². The van der Waals surface area contributed by atoms with Crippen molar-refractivity contribution in [2.75, 3.05) is 6.61 Å². The molecule has 1 saturated carbocycles. The second kappa shape index (κ2) is 8.47. The third-order valence-corrected chi connectivity index (χ3v) is 5.76. The summed E-state index contributed by atoms with van der Waals surface area (Å²) in [7, 11) is -1.35. The standard InChI is InChI=1S/C16H21N2O5PS/c1-11-9-18(16(20)17-15(11)19)14-8-7-13(22-14)10-21-24(25)23-12-5-3-2-4-6-12/h7-9,12-14H,2-6,10H2,1H3/p+1/t13-,14+/m0/s1. The molecule has 0 spiro atoms. The highest BCUT2D eigenvalue weighted by Crippen LogP contribution is 2.33. The quantitative estimate of drug-likeness (QED) is 0.598. The molecule has 1 aliphatic heterocycles. The number of hydrogen-bond donors (Lipinski definition) is 1. The molecule has 25 heavy (non-hydrogen) atoms. The van der Waals surface area contributed by atoms with Crippen molar-refractivity contribution < 1.29 is 13.8 Å². The van der Waals surface area contributed by atoms with Gasteiger partial charge >= 0.3 is 12.8 Å². The molecule has 1 aromatic heterocycles. The van der Waals surface area contributed by atoms with E-state index in [1.165, 1.54) is 30.0 Å². The summed E-state index contributed by atoms with van der Waals surface area (Å²) in [5, 5.41) is 0. The Balaban J connectivity index is 1.49. The van der Waals surface area contributed by atoms with Crippen molar-refractivity contribution in [2.45, 2.75) is 57.5 Å². The van der Waals surface area contributed by atoms with Crippen LogP contribution in [-0.4, -0.2) is 28.4 Å². The normalized spacial score (nSPS) is 24.6. The van der Waals surface area contributed by atoms with Crippen molar-refractivity contribution in [3.05, 3.63) is 44.8 Å². The fraction of sp³-hybridized carbons (Fsp3) is 0.625. The second-order valence-electron chi connectivity index (χ2n) is 6.31. The minimum Gasteiger partial charge on any atom is -0.344 e. The zero-order valence-electron chi connectivity index (χ0n) is 14.1. The van der Waals surface area contributed by atoms with E-state index < -0.39 is 19.1 Å². The van der Waals surface area contributed by atoms with E-state index in [0.29, 0.717) is 5.56 Å². The fourth-order valence-corrected chi connectivity index (χ4v) is 4.31. The predicted octanol–water partition coefficient (Wildman–Crippen LogP) is 2.44. The molecule has 1 aromatic rings. The summed E-state index contributed by atoms with van der Waals surface area (Å²) in [6.45, 7) is 1.92. The number of aromatic amines is 1. The Bertz CT molecular complexity index is 769. The summed E-state index contributed by atoms with van der Waals surface area (Å²) < 4.78 is 18.5. The van der Waals surface area contributed by atoms with Gasteiger partial charge in [-0.2, -0.15) is 0 Å². The van der Waals surface area contributed by atoms with E-state index in [9.17, 15) is 9.59 Å². The maximum atomic E-state index is 11.9. The molecule has 0 amide bonds. The smallest absolute Gasteiger partial charge is 0.344 e. The molecule has 7 nitrogen and oxygen atoms in total. The fourth-order valence-electron chi connectivity index (χ4n) is 2.97. The number of aromatic nitrogens is 2. The predicted molar refractivity (Wildman–Crippen MR) is 97.3 cm³/mol. The average Bonchev–Trinajstić information content (AvgIpc) is 3.06. The Morgan fingerprint density at radius 2 is 2.08 bits per heavy atom. The average molecular weight is 385 g/mol. The summed E-state index contributed by atoms with van der Waals surface area (Å²) in [6, 6.07) is 0. The largest absolute Gasteiger partial charge is 0.522 e. The molecule has 136 valence electrons. The Labute approximate surface area is 151 Å². The van der Waals surface area contributed by atoms with Crippen LogP contribution < -0.4 is 11.2 Å². The van der Waals surface area contributed by atoms with Crippen LogP contribution in [0.15, 0.2) is 27.9 Å². The topological polar surface area (TPSA) is 82.6 Å². The van der Waals surface area contributed by atoms with Gasteiger partial charge in [-0.1, -0.05) is 25.3 Å². The maximum absolute atomic E-state index is 11.9. The molecular formula is C16H22N2O5PS+. The van der Waals surface area contributed by atoms with Gasteiger partial charge in [-0.15, -0.1) is 9.05 Å². The van der Waals surface area contributed by atoms with Gasteiger partial charge in [0.2, 0.25) is 11.8 Å². The molecule has 2 aliphatic rings. The summed E-state index contributed by atoms with van der Waals surface area (Å²) in [6.07, 6.45) is 10.2. The summed E-state index contributed by atoms with van der Waals surface area (Å²) in [5.74, 6) is 0. The third kappa shape index (κ3) is 4.92. The number of H-pyrrole nitrogens is 1. The first kappa shape index (κ1) is 18.6. The molecule has 0 saturated heterocycles. The first-order valence-electron chi connectivity index (χ1n) is 8.46. The number of rotatable bonds is 6. The molecule has 2 heterocycles. The lowest BCUT2D eigenvalue weighted by molar-refractivity contribution is -0.00622. The van der Waals surface area contributed by atoms with Gasteiger partial charge in [-0.3, -0.25) is 14.3 Å². The molecule has 3 atom stereocenters. The van der Waals surface area contributed by atoms with Crippen LogP contribution in [0.5, 0.6) is 0 Å². The number of hydrogen-bond acceptors (Lipinski definition) is 6. The van der Waals surface area contributed by atoms with E-state index in [0.717, 1.165) is 12.8 Å². The Kier molecular flexibility index (Phi) is 6.30. The SMILES string of the molecule is Cc1cn([C@H]2C=C[C@@H](CO[P+](=S)OC3CCCCC3)O2)c(=O)[nH]c1=O. The highest BCUT2D eigenvalue weighted by Gasteiger charge is 2.28. The Morgan fingerprint density at radius 1 is 1.32 bits per heavy atom. The van der Waals surface area contributed by atoms with Crippen LogP contribution in [-0.2, 0) is 25.6 Å². The van der Waals surface area contributed by atoms with E-state index in [4.69, 9.17) is 25.6 Å². The van der Waals surface area contributed by atoms with Gasteiger partial charge in [0.05, 0.1) is 0 Å². The Hall–Kier alpha value is -1.18. The van der Waals surface area contributed by atoms with Gasteiger partial charge in [-0.05, 0) is 25.8 Å². The highest BCUT2D eigenvalue weighted by molar-refractivity contribution is 8.00. The van der Waals surface area contributed by atoms with Gasteiger partial charge in [0.15, 0.2) is 6.23 Å². The monoisotopic (exact) mass is 385 g/mol. The van der Waals surface area contributed by atoms with Gasteiger partial charge in [0.25, 0.3) is 5.56 Å². The van der Waals surface area contributed by atoms with E-state index in [1.807, 2.05) is 6.08 Å². The third-order valence-electron chi connectivity index (χ3n) is 4.36. The molecule has 3 rings (SSSR count). The molecule has 1 fully saturated rings. The molecule has 9 heteroatoms. The van der Waals surface area contributed by atoms with Gasteiger partial charge in [-0.25, -0.2) is 4.79 Å². The molecule has 0 aromatic carbocycles. The van der Waals surface area contributed by atoms with Crippen molar-refractivity contribution in [1.29, 1.82) is 0 Å². The van der Waals surface area contributed by atoms with Crippen LogP contribution in [0.1, 0.15) is 43.9 Å². The molecule has 0 radical (unpaired) electrons. The zero-order chi connectivity index (χ0) is 17.8. The summed E-state index contributed by atoms with van der Waals surface area (Å²) >= 11 is 5.27. The zero-order valence-corrected chi connectivity index (χ0v) is 15.8. The lowest BCUT2D eigenvalue weighted by Gasteiger charge is -2.17. The van der Waals surface area contributed by atoms with Crippen molar-refractivity contribution in [3.8, 4) is 0 Å². The van der Waals surface area contributed by atoms with Gasteiger partial charge in [0, 0.05) is 11.8 Å². The van der Waals surface area contributed by atoms with Crippen molar-refractivity contribution in [3.63, 3.8) is 0 Å². The van der Waals surface area contributed by atoms with E-state index in [-0.39, 0.29) is 24.4 Å². The molecule has 0 bridgehead atoms. The minimum atomic E-state index is -1.35. The van der Waals surface area contributed by atoms with Gasteiger partial charge in [0.1, 0.15) is 18.8 Å². The minimum absolute atomic E-state index is 0.216. The van der Waals surface area contributed by atoms with Crippen LogP contribution in [0.2, 0.25) is 0 Å².